The van der Waals surface area contributed by atoms with E-state index in [4.69, 9.17) is 4.74 Å². The van der Waals surface area contributed by atoms with E-state index >= 15 is 0 Å². The third kappa shape index (κ3) is 2.66. The highest BCUT2D eigenvalue weighted by molar-refractivity contribution is 9.15. The Bertz CT molecular complexity index is 510. The molecule has 18 heavy (non-hydrogen) atoms. The van der Waals surface area contributed by atoms with Crippen LogP contribution in [0.3, 0.4) is 0 Å². The zero-order chi connectivity index (χ0) is 13.3. The fourth-order valence-corrected chi connectivity index (χ4v) is 2.45. The molecule has 0 atom stereocenters. The molecule has 96 valence electrons. The Morgan fingerprint density at radius 3 is 2.72 bits per heavy atom. The third-order valence-electron chi connectivity index (χ3n) is 2.92. The average molecular weight is 309 g/mol. The largest absolute Gasteiger partial charge is 0.426 e. The van der Waals surface area contributed by atoms with E-state index in [-0.39, 0.29) is 5.97 Å². The number of ether oxygens (including phenoxy) is 1. The highest BCUT2D eigenvalue weighted by Crippen LogP contribution is 2.36. The van der Waals surface area contributed by atoms with Gasteiger partial charge in [-0.1, -0.05) is 34.1 Å². The zero-order valence-electron chi connectivity index (χ0n) is 10.9. The van der Waals surface area contributed by atoms with Gasteiger partial charge in [0.1, 0.15) is 5.75 Å². The average Bonchev–Trinajstić information content (AvgIpc) is 2.29. The Morgan fingerprint density at radius 1 is 1.33 bits per heavy atom. The van der Waals surface area contributed by atoms with E-state index in [0.717, 1.165) is 28.5 Å². The molecule has 0 saturated carbocycles. The van der Waals surface area contributed by atoms with Gasteiger partial charge in [-0.2, -0.15) is 0 Å². The van der Waals surface area contributed by atoms with Gasteiger partial charge in [-0.15, -0.1) is 0 Å². The SMILES string of the molecule is CC(C)(C)C(=O)Oc1cccc2c1CCC=C2Br. The Morgan fingerprint density at radius 2 is 2.06 bits per heavy atom. The zero-order valence-corrected chi connectivity index (χ0v) is 12.5. The summed E-state index contributed by atoms with van der Waals surface area (Å²) in [5.74, 6) is 0.499. The van der Waals surface area contributed by atoms with Crippen molar-refractivity contribution in [3.05, 3.63) is 35.4 Å². The summed E-state index contributed by atoms with van der Waals surface area (Å²) in [7, 11) is 0. The summed E-state index contributed by atoms with van der Waals surface area (Å²) in [5.41, 5.74) is 1.76. The van der Waals surface area contributed by atoms with Crippen molar-refractivity contribution in [3.63, 3.8) is 0 Å². The lowest BCUT2D eigenvalue weighted by atomic mass is 9.95. The van der Waals surface area contributed by atoms with Gasteiger partial charge in [0.15, 0.2) is 0 Å². The summed E-state index contributed by atoms with van der Waals surface area (Å²) < 4.78 is 6.62. The molecule has 0 aliphatic heterocycles. The first-order valence-electron chi connectivity index (χ1n) is 6.10. The molecule has 1 aromatic rings. The van der Waals surface area contributed by atoms with Gasteiger partial charge < -0.3 is 4.74 Å². The summed E-state index contributed by atoms with van der Waals surface area (Å²) in [6.45, 7) is 5.58. The van der Waals surface area contributed by atoms with Crippen molar-refractivity contribution in [1.29, 1.82) is 0 Å². The van der Waals surface area contributed by atoms with Gasteiger partial charge in [0.2, 0.25) is 0 Å². The number of halogens is 1. The summed E-state index contributed by atoms with van der Waals surface area (Å²) in [5, 5.41) is 0. The first-order chi connectivity index (χ1) is 8.39. The Labute approximate surface area is 116 Å². The molecule has 2 rings (SSSR count). The number of rotatable bonds is 1. The fourth-order valence-electron chi connectivity index (χ4n) is 1.85. The minimum absolute atomic E-state index is 0.193. The topological polar surface area (TPSA) is 26.3 Å². The van der Waals surface area contributed by atoms with Crippen molar-refractivity contribution < 1.29 is 9.53 Å². The molecule has 0 saturated heterocycles. The normalized spacial score (nSPS) is 14.8. The van der Waals surface area contributed by atoms with Crippen LogP contribution in [0, 0.1) is 5.41 Å². The van der Waals surface area contributed by atoms with Crippen LogP contribution in [0.4, 0.5) is 0 Å². The van der Waals surface area contributed by atoms with Gasteiger partial charge in [0.05, 0.1) is 5.41 Å². The van der Waals surface area contributed by atoms with Crippen LogP contribution >= 0.6 is 15.9 Å². The minimum Gasteiger partial charge on any atom is -0.426 e. The molecule has 1 aromatic carbocycles. The van der Waals surface area contributed by atoms with Crippen LogP contribution in [0.15, 0.2) is 24.3 Å². The number of fused-ring (bicyclic) bond motifs is 1. The molecular formula is C15H17BrO2. The molecule has 0 heterocycles. The lowest BCUT2D eigenvalue weighted by Crippen LogP contribution is -2.26. The summed E-state index contributed by atoms with van der Waals surface area (Å²) >= 11 is 3.55. The van der Waals surface area contributed by atoms with Gasteiger partial charge in [-0.25, -0.2) is 0 Å². The predicted molar refractivity (Wildman–Crippen MR) is 76.8 cm³/mol. The molecule has 2 nitrogen and oxygen atoms in total. The van der Waals surface area contributed by atoms with Gasteiger partial charge in [-0.3, -0.25) is 4.79 Å². The highest BCUT2D eigenvalue weighted by atomic mass is 79.9. The maximum Gasteiger partial charge on any atom is 0.316 e. The van der Waals surface area contributed by atoms with Gasteiger partial charge >= 0.3 is 5.97 Å². The molecule has 0 bridgehead atoms. The maximum absolute atomic E-state index is 12.0. The van der Waals surface area contributed by atoms with Crippen molar-refractivity contribution in [2.45, 2.75) is 33.6 Å². The van der Waals surface area contributed by atoms with E-state index in [1.54, 1.807) is 0 Å². The molecule has 0 spiro atoms. The molecule has 0 amide bonds. The van der Waals surface area contributed by atoms with Crippen LogP contribution in [-0.4, -0.2) is 5.97 Å². The quantitative estimate of drug-likeness (QED) is 0.570. The van der Waals surface area contributed by atoms with Crippen molar-refractivity contribution in [1.82, 2.24) is 0 Å². The van der Waals surface area contributed by atoms with Crippen LogP contribution in [0.1, 0.15) is 38.3 Å². The number of carbonyl (C=O) groups is 1. The van der Waals surface area contributed by atoms with E-state index in [1.165, 1.54) is 0 Å². The molecule has 0 fully saturated rings. The van der Waals surface area contributed by atoms with E-state index in [9.17, 15) is 4.79 Å². The molecule has 3 heteroatoms. The van der Waals surface area contributed by atoms with E-state index in [2.05, 4.69) is 22.0 Å². The maximum atomic E-state index is 12.0. The van der Waals surface area contributed by atoms with E-state index in [0.29, 0.717) is 5.75 Å². The van der Waals surface area contributed by atoms with Crippen molar-refractivity contribution in [3.8, 4) is 5.75 Å². The molecule has 0 unspecified atom stereocenters. The van der Waals surface area contributed by atoms with E-state index in [1.807, 2.05) is 39.0 Å². The van der Waals surface area contributed by atoms with Crippen LogP contribution in [0.5, 0.6) is 5.75 Å². The van der Waals surface area contributed by atoms with Crippen molar-refractivity contribution in [2.24, 2.45) is 5.41 Å². The predicted octanol–water partition coefficient (Wildman–Crippen LogP) is 4.32. The van der Waals surface area contributed by atoms with E-state index < -0.39 is 5.41 Å². The number of hydrogen-bond donors (Lipinski definition) is 0. The number of allylic oxidation sites excluding steroid dienone is 1. The second-order valence-electron chi connectivity index (χ2n) is 5.51. The lowest BCUT2D eigenvalue weighted by Gasteiger charge is -2.21. The van der Waals surface area contributed by atoms with Crippen LogP contribution < -0.4 is 4.74 Å². The van der Waals surface area contributed by atoms with Crippen LogP contribution in [-0.2, 0) is 11.2 Å². The summed E-state index contributed by atoms with van der Waals surface area (Å²) in [6, 6.07) is 5.84. The molecule has 0 N–H and O–H groups in total. The molecule has 1 aliphatic rings. The number of hydrogen-bond acceptors (Lipinski definition) is 2. The van der Waals surface area contributed by atoms with Gasteiger partial charge in [0.25, 0.3) is 0 Å². The smallest absolute Gasteiger partial charge is 0.316 e. The summed E-state index contributed by atoms with van der Waals surface area (Å²) in [4.78, 5) is 12.0. The third-order valence-corrected chi connectivity index (χ3v) is 3.67. The van der Waals surface area contributed by atoms with Gasteiger partial charge in [-0.05, 0) is 45.2 Å². The van der Waals surface area contributed by atoms with Gasteiger partial charge in [0, 0.05) is 10.0 Å². The first-order valence-corrected chi connectivity index (χ1v) is 6.89. The monoisotopic (exact) mass is 308 g/mol. The second-order valence-corrected chi connectivity index (χ2v) is 6.37. The van der Waals surface area contributed by atoms with Crippen molar-refractivity contribution in [2.75, 3.05) is 0 Å². The molecule has 1 aliphatic carbocycles. The van der Waals surface area contributed by atoms with Crippen LogP contribution in [0.25, 0.3) is 4.48 Å². The molecule has 0 aromatic heterocycles. The van der Waals surface area contributed by atoms with Crippen molar-refractivity contribution >= 4 is 26.4 Å². The number of esters is 1. The molecular weight excluding hydrogens is 292 g/mol. The number of carbonyl (C=O) groups excluding carboxylic acids is 1. The summed E-state index contributed by atoms with van der Waals surface area (Å²) in [6.07, 6.45) is 4.04. The molecule has 0 radical (unpaired) electrons. The number of benzene rings is 1. The Balaban J connectivity index is 2.34. The highest BCUT2D eigenvalue weighted by Gasteiger charge is 2.25. The minimum atomic E-state index is -0.482. The second kappa shape index (κ2) is 4.88. The fraction of sp³-hybridized carbons (Fsp3) is 0.400. The standard InChI is InChI=1S/C15H17BrO2/c1-15(2,3)14(17)18-13-9-5-6-10-11(13)7-4-8-12(10)16/h5-6,8-9H,4,7H2,1-3H3. The van der Waals surface area contributed by atoms with Crippen LogP contribution in [0.2, 0.25) is 0 Å². The Kier molecular flexibility index (Phi) is 3.62. The lowest BCUT2D eigenvalue weighted by molar-refractivity contribution is -0.143. The first kappa shape index (κ1) is 13.3. The Hall–Kier alpha value is -1.09.